The van der Waals surface area contributed by atoms with E-state index in [0.29, 0.717) is 0 Å². The maximum absolute atomic E-state index is 5.19. The molecular weight excluding hydrogens is 226 g/mol. The van der Waals surface area contributed by atoms with Crippen LogP contribution >= 0.6 is 0 Å². The summed E-state index contributed by atoms with van der Waals surface area (Å²) in [6.07, 6.45) is 2.53. The van der Waals surface area contributed by atoms with E-state index in [1.54, 1.807) is 0 Å². The lowest BCUT2D eigenvalue weighted by Gasteiger charge is -1.98. The number of fused-ring (bicyclic) bond motifs is 2. The van der Waals surface area contributed by atoms with E-state index in [-0.39, 0.29) is 0 Å². The van der Waals surface area contributed by atoms with E-state index in [4.69, 9.17) is 4.42 Å². The molecule has 4 nitrogen and oxygen atoms in total. The summed E-state index contributed by atoms with van der Waals surface area (Å²) in [4.78, 5) is 4.14. The maximum Gasteiger partial charge on any atom is 0.284 e. The van der Waals surface area contributed by atoms with Crippen LogP contribution in [0.5, 0.6) is 0 Å². The van der Waals surface area contributed by atoms with Crippen molar-refractivity contribution in [2.45, 2.75) is 0 Å². The second kappa shape index (κ2) is 3.43. The first kappa shape index (κ1) is 9.41. The summed E-state index contributed by atoms with van der Waals surface area (Å²) in [7, 11) is 0. The minimum atomic E-state index is 0.722. The van der Waals surface area contributed by atoms with Gasteiger partial charge in [0.2, 0.25) is 0 Å². The minimum absolute atomic E-state index is 0.722. The molecule has 0 aliphatic carbocycles. The number of para-hydroxylation sites is 2. The molecule has 4 rings (SSSR count). The third-order valence-electron chi connectivity index (χ3n) is 3.04. The van der Waals surface area contributed by atoms with E-state index in [9.17, 15) is 0 Å². The lowest BCUT2D eigenvalue weighted by atomic mass is 10.1. The molecule has 4 aromatic rings. The Morgan fingerprint density at radius 1 is 1.06 bits per heavy atom. The molecule has 0 saturated heterocycles. The lowest BCUT2D eigenvalue weighted by Crippen LogP contribution is -1.81. The predicted octanol–water partition coefficient (Wildman–Crippen LogP) is 3.17. The summed E-state index contributed by atoms with van der Waals surface area (Å²) >= 11 is 0. The Morgan fingerprint density at radius 3 is 3.00 bits per heavy atom. The number of aromatic nitrogens is 3. The van der Waals surface area contributed by atoms with Gasteiger partial charge in [-0.15, -0.1) is 0 Å². The normalized spacial score (nSPS) is 11.3. The van der Waals surface area contributed by atoms with E-state index >= 15 is 0 Å². The molecule has 0 unspecified atom stereocenters. The summed E-state index contributed by atoms with van der Waals surface area (Å²) in [6.45, 7) is 0. The van der Waals surface area contributed by atoms with E-state index in [0.717, 1.165) is 33.3 Å². The van der Waals surface area contributed by atoms with Crippen LogP contribution in [0.1, 0.15) is 0 Å². The Hall–Kier alpha value is -2.62. The van der Waals surface area contributed by atoms with Gasteiger partial charge in [-0.2, -0.15) is 5.10 Å². The van der Waals surface area contributed by atoms with Gasteiger partial charge in [0.1, 0.15) is 11.2 Å². The zero-order valence-electron chi connectivity index (χ0n) is 9.34. The van der Waals surface area contributed by atoms with Crippen molar-refractivity contribution in [2.75, 3.05) is 0 Å². The SMILES string of the molecule is [c]1nc2c(-c3n[nH]c4ccccc34)cccc2o1. The third-order valence-corrected chi connectivity index (χ3v) is 3.04. The molecular formula is C14H8N3O. The highest BCUT2D eigenvalue weighted by molar-refractivity contribution is 6.00. The van der Waals surface area contributed by atoms with Crippen molar-refractivity contribution >= 4 is 22.0 Å². The molecule has 0 aliphatic rings. The first-order valence-corrected chi connectivity index (χ1v) is 5.62. The number of rotatable bonds is 1. The largest absolute Gasteiger partial charge is 0.432 e. The van der Waals surface area contributed by atoms with Crippen LogP contribution in [0.3, 0.4) is 0 Å². The van der Waals surface area contributed by atoms with Crippen LogP contribution in [0.4, 0.5) is 0 Å². The number of hydrogen-bond acceptors (Lipinski definition) is 3. The van der Waals surface area contributed by atoms with Gasteiger partial charge >= 0.3 is 0 Å². The number of nitrogens with zero attached hydrogens (tertiary/aromatic N) is 2. The first-order valence-electron chi connectivity index (χ1n) is 5.62. The van der Waals surface area contributed by atoms with Crippen molar-refractivity contribution in [3.05, 3.63) is 48.9 Å². The highest BCUT2D eigenvalue weighted by atomic mass is 16.3. The topological polar surface area (TPSA) is 54.7 Å². The standard InChI is InChI=1S/C14H8N3O/c1-2-6-11-9(4-1)13(17-16-11)10-5-3-7-12-14(10)15-8-18-12/h1-7H,(H,16,17). The van der Waals surface area contributed by atoms with Gasteiger partial charge in [0.05, 0.1) is 5.52 Å². The molecule has 85 valence electrons. The van der Waals surface area contributed by atoms with Crippen LogP contribution in [0.25, 0.3) is 33.3 Å². The van der Waals surface area contributed by atoms with Crippen LogP contribution in [-0.4, -0.2) is 15.2 Å². The molecule has 18 heavy (non-hydrogen) atoms. The zero-order valence-corrected chi connectivity index (χ0v) is 9.34. The van der Waals surface area contributed by atoms with Gasteiger partial charge in [-0.05, 0) is 12.1 Å². The average Bonchev–Trinajstić information content (AvgIpc) is 3.05. The summed E-state index contributed by atoms with van der Waals surface area (Å²) in [5.41, 5.74) is 4.36. The number of nitrogens with one attached hydrogen (secondary N) is 1. The zero-order chi connectivity index (χ0) is 11.9. The van der Waals surface area contributed by atoms with Gasteiger partial charge in [0.15, 0.2) is 5.58 Å². The van der Waals surface area contributed by atoms with Crippen LogP contribution in [0.15, 0.2) is 46.9 Å². The Bertz CT molecular complexity index is 844. The molecule has 2 aromatic heterocycles. The highest BCUT2D eigenvalue weighted by Gasteiger charge is 2.12. The van der Waals surface area contributed by atoms with Crippen molar-refractivity contribution in [3.63, 3.8) is 0 Å². The number of hydrogen-bond donors (Lipinski definition) is 1. The molecule has 2 heterocycles. The molecule has 0 saturated carbocycles. The number of H-pyrrole nitrogens is 1. The molecule has 1 radical (unpaired) electrons. The second-order valence-corrected chi connectivity index (χ2v) is 4.08. The van der Waals surface area contributed by atoms with E-state index in [1.165, 1.54) is 0 Å². The highest BCUT2D eigenvalue weighted by Crippen LogP contribution is 2.30. The molecule has 1 N–H and O–H groups in total. The molecule has 4 heteroatoms. The van der Waals surface area contributed by atoms with Crippen molar-refractivity contribution in [2.24, 2.45) is 0 Å². The molecule has 0 aliphatic heterocycles. The van der Waals surface area contributed by atoms with Gasteiger partial charge in [-0.3, -0.25) is 5.10 Å². The van der Waals surface area contributed by atoms with Gasteiger partial charge in [-0.25, -0.2) is 4.98 Å². The second-order valence-electron chi connectivity index (χ2n) is 4.08. The van der Waals surface area contributed by atoms with Gasteiger partial charge in [0.25, 0.3) is 6.39 Å². The van der Waals surface area contributed by atoms with Crippen molar-refractivity contribution in [1.29, 1.82) is 0 Å². The van der Waals surface area contributed by atoms with Gasteiger partial charge in [0, 0.05) is 10.9 Å². The minimum Gasteiger partial charge on any atom is -0.432 e. The number of aromatic amines is 1. The molecule has 0 atom stereocenters. The lowest BCUT2D eigenvalue weighted by molar-refractivity contribution is 0.591. The van der Waals surface area contributed by atoms with Gasteiger partial charge < -0.3 is 4.42 Å². The van der Waals surface area contributed by atoms with Crippen LogP contribution < -0.4 is 0 Å². The maximum atomic E-state index is 5.19. The molecule has 0 spiro atoms. The van der Waals surface area contributed by atoms with E-state index in [2.05, 4.69) is 21.6 Å². The van der Waals surface area contributed by atoms with E-state index in [1.807, 2.05) is 42.5 Å². The van der Waals surface area contributed by atoms with Crippen LogP contribution in [0, 0.1) is 6.39 Å². The molecule has 0 fully saturated rings. The smallest absolute Gasteiger partial charge is 0.284 e. The summed E-state index contributed by atoms with van der Waals surface area (Å²) in [6, 6.07) is 13.8. The summed E-state index contributed by atoms with van der Waals surface area (Å²) < 4.78 is 5.19. The first-order chi connectivity index (χ1) is 8.93. The van der Waals surface area contributed by atoms with Crippen molar-refractivity contribution in [1.82, 2.24) is 15.2 Å². The quantitative estimate of drug-likeness (QED) is 0.550. The molecule has 0 amide bonds. The predicted molar refractivity (Wildman–Crippen MR) is 67.9 cm³/mol. The van der Waals surface area contributed by atoms with Crippen LogP contribution in [0.2, 0.25) is 0 Å². The number of benzene rings is 2. The fourth-order valence-corrected chi connectivity index (χ4v) is 2.20. The van der Waals surface area contributed by atoms with Crippen molar-refractivity contribution in [3.8, 4) is 11.3 Å². The fraction of sp³-hybridized carbons (Fsp3) is 0. The number of oxazole rings is 1. The molecule has 0 bridgehead atoms. The van der Waals surface area contributed by atoms with Gasteiger partial charge in [-0.1, -0.05) is 30.3 Å². The molecule has 2 aromatic carbocycles. The Balaban J connectivity index is 2.10. The average molecular weight is 234 g/mol. The Kier molecular flexibility index (Phi) is 1.80. The Morgan fingerprint density at radius 2 is 2.00 bits per heavy atom. The summed E-state index contributed by atoms with van der Waals surface area (Å²) in [5.74, 6) is 0. The Labute approximate surface area is 102 Å². The van der Waals surface area contributed by atoms with Crippen molar-refractivity contribution < 1.29 is 4.42 Å². The summed E-state index contributed by atoms with van der Waals surface area (Å²) in [5, 5.41) is 8.48. The van der Waals surface area contributed by atoms with E-state index < -0.39 is 0 Å². The fourth-order valence-electron chi connectivity index (χ4n) is 2.20. The third kappa shape index (κ3) is 1.20. The van der Waals surface area contributed by atoms with Crippen LogP contribution in [-0.2, 0) is 0 Å². The monoisotopic (exact) mass is 234 g/mol.